The van der Waals surface area contributed by atoms with Crippen LogP contribution in [0.2, 0.25) is 0 Å². The molecule has 9 rings (SSSR count). The molecule has 7 atom stereocenters. The quantitative estimate of drug-likeness (QED) is 0.403. The average molecular weight is 798 g/mol. The molecule has 15 heteroatoms. The van der Waals surface area contributed by atoms with Crippen LogP contribution >= 0.6 is 0 Å². The van der Waals surface area contributed by atoms with Crippen molar-refractivity contribution in [2.24, 2.45) is 0 Å². The zero-order valence-corrected chi connectivity index (χ0v) is 35.2. The van der Waals surface area contributed by atoms with E-state index in [1.165, 1.54) is 16.0 Å². The van der Waals surface area contributed by atoms with Crippen LogP contribution in [0, 0.1) is 20.8 Å². The lowest BCUT2D eigenvalue weighted by atomic mass is 9.64. The number of rotatable bonds is 1. The van der Waals surface area contributed by atoms with E-state index in [2.05, 4.69) is 74.7 Å². The number of piperazine rings is 1. The molecule has 310 valence electrons. The third-order valence-corrected chi connectivity index (χ3v) is 14.4. The lowest BCUT2D eigenvalue weighted by molar-refractivity contribution is -0.155. The fourth-order valence-electron chi connectivity index (χ4n) is 11.4. The van der Waals surface area contributed by atoms with Crippen LogP contribution < -0.4 is 29.6 Å². The molecule has 6 unspecified atom stereocenters. The number of carbonyl (C=O) groups excluding carboxylic acids is 3. The summed E-state index contributed by atoms with van der Waals surface area (Å²) in [5.41, 5.74) is 7.34. The maximum atomic E-state index is 14.0. The number of urea groups is 1. The van der Waals surface area contributed by atoms with Crippen LogP contribution in [0.25, 0.3) is 0 Å². The van der Waals surface area contributed by atoms with Crippen molar-refractivity contribution in [1.29, 1.82) is 0 Å². The first-order valence-electron chi connectivity index (χ1n) is 20.2. The zero-order valence-electron chi connectivity index (χ0n) is 35.2. The third kappa shape index (κ3) is 5.20. The number of hydrogen-bond donors (Lipinski definition) is 2. The molecule has 0 radical (unpaired) electrons. The van der Waals surface area contributed by atoms with Gasteiger partial charge in [0.25, 0.3) is 0 Å². The number of fused-ring (bicyclic) bond motifs is 11. The number of likely N-dealkylation sites (N-methyl/N-ethyl adjacent to an activating group) is 1. The summed E-state index contributed by atoms with van der Waals surface area (Å²) in [5.74, 6) is 3.00. The maximum Gasteiger partial charge on any atom is 0.407 e. The first kappa shape index (κ1) is 38.4. The minimum absolute atomic E-state index is 0.00565. The van der Waals surface area contributed by atoms with Crippen LogP contribution in [0.4, 0.5) is 9.59 Å². The summed E-state index contributed by atoms with van der Waals surface area (Å²) in [4.78, 5) is 47.4. The van der Waals surface area contributed by atoms with Gasteiger partial charge in [-0.25, -0.2) is 14.6 Å². The van der Waals surface area contributed by atoms with Gasteiger partial charge in [-0.3, -0.25) is 24.5 Å². The predicted octanol–water partition coefficient (Wildman–Crippen LogP) is 4.17. The largest absolute Gasteiger partial charge is 0.496 e. The molecule has 0 saturated carbocycles. The van der Waals surface area contributed by atoms with E-state index in [-0.39, 0.29) is 68.7 Å². The lowest BCUT2D eigenvalue weighted by Gasteiger charge is -2.68. The van der Waals surface area contributed by atoms with Crippen molar-refractivity contribution in [3.05, 3.63) is 69.1 Å². The fourth-order valence-corrected chi connectivity index (χ4v) is 11.4. The second-order valence-corrected chi connectivity index (χ2v) is 17.5. The number of ether oxygens (including phenoxy) is 5. The molecule has 15 nitrogen and oxygen atoms in total. The highest BCUT2D eigenvalue weighted by atomic mass is 16.7. The van der Waals surface area contributed by atoms with E-state index in [4.69, 9.17) is 23.7 Å². The minimum Gasteiger partial charge on any atom is -0.496 e. The van der Waals surface area contributed by atoms with Gasteiger partial charge in [-0.2, -0.15) is 0 Å². The average Bonchev–Trinajstić information content (AvgIpc) is 3.75. The van der Waals surface area contributed by atoms with Gasteiger partial charge in [0.2, 0.25) is 12.7 Å². The number of nitrogens with one attached hydrogen (secondary N) is 2. The summed E-state index contributed by atoms with van der Waals surface area (Å²) < 4.78 is 31.4. The van der Waals surface area contributed by atoms with Crippen molar-refractivity contribution >= 4 is 18.0 Å². The molecule has 2 fully saturated rings. The third-order valence-electron chi connectivity index (χ3n) is 14.4. The van der Waals surface area contributed by atoms with Gasteiger partial charge in [0.15, 0.2) is 11.5 Å². The molecule has 2 saturated heterocycles. The summed E-state index contributed by atoms with van der Waals surface area (Å²) >= 11 is 0. The first-order chi connectivity index (χ1) is 27.5. The molecule has 7 aliphatic rings. The maximum absolute atomic E-state index is 14.0. The van der Waals surface area contributed by atoms with Crippen molar-refractivity contribution in [3.63, 3.8) is 0 Å². The highest BCUT2D eigenvalue weighted by Crippen LogP contribution is 2.61. The Morgan fingerprint density at radius 2 is 1.72 bits per heavy atom. The van der Waals surface area contributed by atoms with E-state index in [1.807, 2.05) is 13.0 Å². The minimum atomic E-state index is -0.914. The van der Waals surface area contributed by atoms with E-state index < -0.39 is 23.7 Å². The van der Waals surface area contributed by atoms with Crippen molar-refractivity contribution in [2.75, 3.05) is 54.3 Å². The Kier molecular flexibility index (Phi) is 8.72. The van der Waals surface area contributed by atoms with Crippen LogP contribution in [0.5, 0.6) is 23.0 Å². The molecule has 7 aliphatic heterocycles. The van der Waals surface area contributed by atoms with Gasteiger partial charge in [0.1, 0.15) is 42.6 Å². The number of hydrazine groups is 1. The number of hydrogen-bond acceptors (Lipinski definition) is 11. The first-order valence-corrected chi connectivity index (χ1v) is 20.2. The molecule has 0 aliphatic carbocycles. The van der Waals surface area contributed by atoms with Crippen LogP contribution in [-0.4, -0.2) is 127 Å². The number of cyclic esters (lactones) is 1. The van der Waals surface area contributed by atoms with Crippen LogP contribution in [0.3, 0.4) is 0 Å². The number of benzene rings is 2. The SMILES string of the molecule is C=C1N(C)C(=O)N2CC3=CC(COC(=O)NC(C)C(=O)NC[C@@]4(C)c5c(c(c(C)c6c5OCO6)OC3)CC3C5c6c(cc(C)c(OC)c6C)CC(C)(C(C)N34)N5C)N12. The van der Waals surface area contributed by atoms with Gasteiger partial charge in [-0.1, -0.05) is 18.7 Å². The molecule has 2 N–H and O–H groups in total. The summed E-state index contributed by atoms with van der Waals surface area (Å²) in [6.07, 6.45) is 2.69. The van der Waals surface area contributed by atoms with Crippen LogP contribution in [-0.2, 0) is 27.9 Å². The van der Waals surface area contributed by atoms with E-state index in [0.717, 1.165) is 45.6 Å². The number of amides is 4. The molecule has 58 heavy (non-hydrogen) atoms. The molecule has 8 bridgehead atoms. The molecular formula is C43H55N7O8. The summed E-state index contributed by atoms with van der Waals surface area (Å²) in [7, 11) is 5.66. The van der Waals surface area contributed by atoms with E-state index >= 15 is 0 Å². The fraction of sp³-hybridized carbons (Fsp3) is 0.558. The Balaban J connectivity index is 1.24. The van der Waals surface area contributed by atoms with Gasteiger partial charge in [-0.05, 0) is 96.2 Å². The Morgan fingerprint density at radius 3 is 2.47 bits per heavy atom. The van der Waals surface area contributed by atoms with Gasteiger partial charge < -0.3 is 34.3 Å². The van der Waals surface area contributed by atoms with E-state index in [9.17, 15) is 14.4 Å². The summed E-state index contributed by atoms with van der Waals surface area (Å²) in [6, 6.07) is 0.501. The molecular weight excluding hydrogens is 743 g/mol. The zero-order chi connectivity index (χ0) is 41.3. The van der Waals surface area contributed by atoms with Crippen molar-refractivity contribution in [3.8, 4) is 23.0 Å². The van der Waals surface area contributed by atoms with Crippen molar-refractivity contribution in [1.82, 2.24) is 35.4 Å². The summed E-state index contributed by atoms with van der Waals surface area (Å²) in [6.45, 7) is 19.5. The monoisotopic (exact) mass is 797 g/mol. The standard InChI is InChI=1S/C43H55N7O8/c1-21-12-28-15-42(7)25(5)49-31(34(47(42)10)32(28)22(2)35(21)54-11)14-30-33-38-37(57-20-58-38)23(3)36(30)55-17-27-13-29(50-26(6)46(9)41(53)48(50)16-27)18-56-40(52)45-24(4)39(51)44-19-43(33,49)8/h12-13,24-25,29,31,34H,6,14-20H2,1-5,7-11H3,(H,44,51)(H,45,52)/t24?,25?,29?,31?,34?,42?,43-/m0/s1. The highest BCUT2D eigenvalue weighted by Gasteiger charge is 2.62. The lowest BCUT2D eigenvalue weighted by Crippen LogP contribution is -2.77. The number of carbonyl (C=O) groups is 3. The molecule has 0 aromatic heterocycles. The Hall–Kier alpha value is -5.15. The van der Waals surface area contributed by atoms with Crippen molar-refractivity contribution in [2.45, 2.75) is 103 Å². The second kappa shape index (κ2) is 13.2. The number of methoxy groups -OCH3 is 1. The van der Waals surface area contributed by atoms with Gasteiger partial charge >= 0.3 is 12.1 Å². The van der Waals surface area contributed by atoms with E-state index in [0.29, 0.717) is 29.5 Å². The van der Waals surface area contributed by atoms with E-state index in [1.54, 1.807) is 31.1 Å². The Labute approximate surface area is 339 Å². The molecule has 2 aromatic rings. The van der Waals surface area contributed by atoms with Gasteiger partial charge in [0.05, 0.1) is 25.2 Å². The molecule has 4 amide bonds. The van der Waals surface area contributed by atoms with Crippen molar-refractivity contribution < 1.29 is 38.1 Å². The van der Waals surface area contributed by atoms with Crippen LogP contribution in [0.15, 0.2) is 30.1 Å². The predicted molar refractivity (Wildman–Crippen MR) is 214 cm³/mol. The molecule has 0 spiro atoms. The van der Waals surface area contributed by atoms with Gasteiger partial charge in [0, 0.05) is 47.9 Å². The number of nitrogens with zero attached hydrogens (tertiary/aromatic N) is 5. The summed E-state index contributed by atoms with van der Waals surface area (Å²) in [5, 5.41) is 9.31. The van der Waals surface area contributed by atoms with Crippen LogP contribution in [0.1, 0.15) is 72.7 Å². The number of alkyl carbamates (subject to hydrolysis) is 1. The molecule has 2 aromatic carbocycles. The van der Waals surface area contributed by atoms with Gasteiger partial charge in [-0.15, -0.1) is 0 Å². The normalized spacial score (nSPS) is 31.9. The highest BCUT2D eigenvalue weighted by molar-refractivity contribution is 5.85. The topological polar surface area (TPSA) is 138 Å². The Morgan fingerprint density at radius 1 is 0.983 bits per heavy atom. The second-order valence-electron chi connectivity index (χ2n) is 17.5. The number of aryl methyl sites for hydroxylation is 1. The Bertz CT molecular complexity index is 2210. The smallest absolute Gasteiger partial charge is 0.407 e. The molecule has 7 heterocycles.